The maximum atomic E-state index is 3.83. The van der Waals surface area contributed by atoms with Crippen LogP contribution in [0.3, 0.4) is 0 Å². The Hall–Kier alpha value is -0.0400. The van der Waals surface area contributed by atoms with E-state index in [0.717, 1.165) is 17.9 Å². The van der Waals surface area contributed by atoms with Crippen molar-refractivity contribution in [2.24, 2.45) is 22.7 Å². The van der Waals surface area contributed by atoms with Gasteiger partial charge in [0, 0.05) is 6.04 Å². The first-order chi connectivity index (χ1) is 8.35. The van der Waals surface area contributed by atoms with E-state index in [9.17, 15) is 0 Å². The third-order valence-corrected chi connectivity index (χ3v) is 6.11. The molecule has 1 N–H and O–H groups in total. The predicted octanol–water partition coefficient (Wildman–Crippen LogP) is 4.62. The summed E-state index contributed by atoms with van der Waals surface area (Å²) in [6.45, 7) is 13.3. The first kappa shape index (κ1) is 14.4. The van der Waals surface area contributed by atoms with Gasteiger partial charge in [0.2, 0.25) is 0 Å². The summed E-state index contributed by atoms with van der Waals surface area (Å²) in [5.41, 5.74) is 1.19. The van der Waals surface area contributed by atoms with Crippen LogP contribution in [0.4, 0.5) is 0 Å². The van der Waals surface area contributed by atoms with E-state index in [1.54, 1.807) is 0 Å². The summed E-state index contributed by atoms with van der Waals surface area (Å²) in [5.74, 6) is 1.90. The highest BCUT2D eigenvalue weighted by Gasteiger charge is 2.45. The minimum absolute atomic E-state index is 0.559. The van der Waals surface area contributed by atoms with Gasteiger partial charge in [-0.15, -0.1) is 0 Å². The lowest BCUT2D eigenvalue weighted by Gasteiger charge is -2.39. The van der Waals surface area contributed by atoms with E-state index in [-0.39, 0.29) is 0 Å². The van der Waals surface area contributed by atoms with Gasteiger partial charge in [-0.05, 0) is 61.3 Å². The lowest BCUT2D eigenvalue weighted by atomic mass is 9.69. The van der Waals surface area contributed by atoms with Crippen molar-refractivity contribution < 1.29 is 0 Å². The second-order valence-electron chi connectivity index (χ2n) is 8.19. The summed E-state index contributed by atoms with van der Waals surface area (Å²) in [6, 6.07) is 0.810. The van der Waals surface area contributed by atoms with Gasteiger partial charge in [0.15, 0.2) is 0 Å². The fraction of sp³-hybridized carbons (Fsp3) is 1.00. The van der Waals surface area contributed by atoms with Crippen LogP contribution in [0.1, 0.15) is 73.1 Å². The topological polar surface area (TPSA) is 12.0 Å². The molecule has 2 aliphatic rings. The van der Waals surface area contributed by atoms with E-state index in [0.29, 0.717) is 10.8 Å². The summed E-state index contributed by atoms with van der Waals surface area (Å²) in [6.07, 6.45) is 8.44. The molecule has 2 fully saturated rings. The number of hydrogen-bond donors (Lipinski definition) is 1. The molecule has 0 spiro atoms. The Morgan fingerprint density at radius 2 is 1.67 bits per heavy atom. The van der Waals surface area contributed by atoms with Crippen molar-refractivity contribution in [2.45, 2.75) is 79.2 Å². The lowest BCUT2D eigenvalue weighted by molar-refractivity contribution is 0.136. The highest BCUT2D eigenvalue weighted by molar-refractivity contribution is 4.97. The average Bonchev–Trinajstić information content (AvgIpc) is 2.95. The molecular weight excluding hydrogens is 218 g/mol. The van der Waals surface area contributed by atoms with Crippen LogP contribution in [0, 0.1) is 22.7 Å². The smallest absolute Gasteiger partial charge is 0.00673 e. The third-order valence-electron chi connectivity index (χ3n) is 6.11. The molecule has 2 rings (SSSR count). The molecule has 0 aromatic carbocycles. The average molecular weight is 251 g/mol. The maximum absolute atomic E-state index is 3.83. The Labute approximate surface area is 114 Å². The van der Waals surface area contributed by atoms with Gasteiger partial charge < -0.3 is 5.32 Å². The van der Waals surface area contributed by atoms with Gasteiger partial charge in [-0.2, -0.15) is 0 Å². The lowest BCUT2D eigenvalue weighted by Crippen LogP contribution is -2.38. The Morgan fingerprint density at radius 1 is 1.11 bits per heavy atom. The highest BCUT2D eigenvalue weighted by Crippen LogP contribution is 2.51. The van der Waals surface area contributed by atoms with Gasteiger partial charge in [0.05, 0.1) is 0 Å². The van der Waals surface area contributed by atoms with Crippen LogP contribution in [0.25, 0.3) is 0 Å². The van der Waals surface area contributed by atoms with Crippen molar-refractivity contribution in [1.29, 1.82) is 0 Å². The Kier molecular flexibility index (Phi) is 4.11. The van der Waals surface area contributed by atoms with Crippen molar-refractivity contribution >= 4 is 0 Å². The summed E-state index contributed by atoms with van der Waals surface area (Å²) >= 11 is 0. The molecule has 1 nitrogen and oxygen atoms in total. The summed E-state index contributed by atoms with van der Waals surface area (Å²) in [5, 5.41) is 3.83. The van der Waals surface area contributed by atoms with E-state index < -0.39 is 0 Å². The molecule has 2 saturated carbocycles. The number of nitrogens with one attached hydrogen (secondary N) is 1. The van der Waals surface area contributed by atoms with Crippen LogP contribution in [0.5, 0.6) is 0 Å². The van der Waals surface area contributed by atoms with E-state index in [1.165, 1.54) is 45.1 Å². The fourth-order valence-corrected chi connectivity index (χ4v) is 3.60. The van der Waals surface area contributed by atoms with Crippen molar-refractivity contribution in [3.63, 3.8) is 0 Å². The van der Waals surface area contributed by atoms with Gasteiger partial charge in [0.1, 0.15) is 0 Å². The second-order valence-corrected chi connectivity index (χ2v) is 8.19. The van der Waals surface area contributed by atoms with Gasteiger partial charge in [-0.3, -0.25) is 0 Å². The monoisotopic (exact) mass is 251 g/mol. The predicted molar refractivity (Wildman–Crippen MR) is 79.7 cm³/mol. The van der Waals surface area contributed by atoms with Crippen LogP contribution in [0.15, 0.2) is 0 Å². The minimum atomic E-state index is 0.559. The van der Waals surface area contributed by atoms with Crippen molar-refractivity contribution in [3.05, 3.63) is 0 Å². The molecule has 2 aliphatic carbocycles. The zero-order chi connectivity index (χ0) is 13.4. The Balaban J connectivity index is 1.68. The molecule has 0 heterocycles. The van der Waals surface area contributed by atoms with Crippen LogP contribution in [-0.4, -0.2) is 12.6 Å². The minimum Gasteiger partial charge on any atom is -0.314 e. The molecule has 0 aromatic rings. The Morgan fingerprint density at radius 3 is 2.11 bits per heavy atom. The second kappa shape index (κ2) is 5.15. The first-order valence-electron chi connectivity index (χ1n) is 8.08. The van der Waals surface area contributed by atoms with Crippen LogP contribution in [0.2, 0.25) is 0 Å². The maximum Gasteiger partial charge on any atom is 0.00673 e. The van der Waals surface area contributed by atoms with Gasteiger partial charge >= 0.3 is 0 Å². The molecule has 0 aliphatic heterocycles. The van der Waals surface area contributed by atoms with E-state index in [4.69, 9.17) is 0 Å². The largest absolute Gasteiger partial charge is 0.314 e. The van der Waals surface area contributed by atoms with Crippen molar-refractivity contribution in [1.82, 2.24) is 5.32 Å². The molecule has 0 radical (unpaired) electrons. The molecule has 1 unspecified atom stereocenters. The standard InChI is InChI=1S/C17H33N/c1-6-16(2,3)13-7-9-15(10-8-13)18-12-14-11-17(14,4)5/h13-15,18H,6-12H2,1-5H3. The third kappa shape index (κ3) is 3.29. The molecule has 1 atom stereocenters. The Bertz CT molecular complexity index is 271. The first-order valence-corrected chi connectivity index (χ1v) is 8.08. The molecule has 18 heavy (non-hydrogen) atoms. The molecule has 0 bridgehead atoms. The zero-order valence-electron chi connectivity index (χ0n) is 13.2. The van der Waals surface area contributed by atoms with Crippen LogP contribution >= 0.6 is 0 Å². The molecule has 0 saturated heterocycles. The van der Waals surface area contributed by atoms with Crippen molar-refractivity contribution in [3.8, 4) is 0 Å². The normalized spacial score (nSPS) is 35.5. The number of hydrogen-bond acceptors (Lipinski definition) is 1. The van der Waals surface area contributed by atoms with Crippen molar-refractivity contribution in [2.75, 3.05) is 6.54 Å². The van der Waals surface area contributed by atoms with Crippen LogP contribution in [-0.2, 0) is 0 Å². The quantitative estimate of drug-likeness (QED) is 0.752. The molecule has 0 aromatic heterocycles. The molecular formula is C17H33N. The molecule has 106 valence electrons. The fourth-order valence-electron chi connectivity index (χ4n) is 3.60. The SMILES string of the molecule is CCC(C)(C)C1CCC(NCC2CC2(C)C)CC1. The molecule has 1 heteroatoms. The van der Waals surface area contributed by atoms with Gasteiger partial charge in [-0.25, -0.2) is 0 Å². The number of rotatable bonds is 5. The van der Waals surface area contributed by atoms with Gasteiger partial charge in [-0.1, -0.05) is 41.0 Å². The summed E-state index contributed by atoms with van der Waals surface area (Å²) < 4.78 is 0. The van der Waals surface area contributed by atoms with Gasteiger partial charge in [0.25, 0.3) is 0 Å². The van der Waals surface area contributed by atoms with E-state index in [2.05, 4.69) is 39.9 Å². The van der Waals surface area contributed by atoms with E-state index >= 15 is 0 Å². The van der Waals surface area contributed by atoms with E-state index in [1.807, 2.05) is 0 Å². The highest BCUT2D eigenvalue weighted by atomic mass is 14.9. The summed E-state index contributed by atoms with van der Waals surface area (Å²) in [7, 11) is 0. The zero-order valence-corrected chi connectivity index (χ0v) is 13.2. The van der Waals surface area contributed by atoms with Crippen LogP contribution < -0.4 is 5.32 Å². The molecule has 0 amide bonds. The summed E-state index contributed by atoms with van der Waals surface area (Å²) in [4.78, 5) is 0.